The Morgan fingerprint density at radius 1 is 1.09 bits per heavy atom. The van der Waals surface area contributed by atoms with Crippen molar-refractivity contribution >= 4 is 28.6 Å². The summed E-state index contributed by atoms with van der Waals surface area (Å²) in [6, 6.07) is 23.1. The first-order valence-corrected chi connectivity index (χ1v) is 11.3. The predicted molar refractivity (Wildman–Crippen MR) is 130 cm³/mol. The van der Waals surface area contributed by atoms with Crippen molar-refractivity contribution in [1.29, 1.82) is 0 Å². The van der Waals surface area contributed by atoms with E-state index in [0.717, 1.165) is 33.2 Å². The molecular formula is C26H21N3O3S. The molecule has 0 fully saturated rings. The second-order valence-corrected chi connectivity index (χ2v) is 8.21. The average molecular weight is 456 g/mol. The van der Waals surface area contributed by atoms with E-state index in [1.807, 2.05) is 78.9 Å². The molecule has 0 saturated heterocycles. The van der Waals surface area contributed by atoms with Crippen molar-refractivity contribution in [1.82, 2.24) is 4.57 Å². The van der Waals surface area contributed by atoms with Gasteiger partial charge in [0.2, 0.25) is 0 Å². The normalized spacial score (nSPS) is 13.1. The first-order valence-electron chi connectivity index (χ1n) is 10.4. The third kappa shape index (κ3) is 4.58. The van der Waals surface area contributed by atoms with Crippen molar-refractivity contribution in [2.24, 2.45) is 4.99 Å². The number of allylic oxidation sites excluding steroid dienone is 1. The van der Waals surface area contributed by atoms with Crippen LogP contribution in [0.3, 0.4) is 0 Å². The first-order chi connectivity index (χ1) is 16.2. The second kappa shape index (κ2) is 9.18. The number of aromatic nitrogens is 1. The number of fused-ring (bicyclic) bond motifs is 1. The number of anilines is 1. The number of amides is 1. The van der Waals surface area contributed by atoms with Crippen LogP contribution in [0, 0.1) is 0 Å². The van der Waals surface area contributed by atoms with Gasteiger partial charge in [0.15, 0.2) is 11.4 Å². The van der Waals surface area contributed by atoms with Gasteiger partial charge in [0.1, 0.15) is 17.2 Å². The molecule has 0 saturated carbocycles. The zero-order valence-corrected chi connectivity index (χ0v) is 18.5. The Hall–Kier alpha value is -4.10. The van der Waals surface area contributed by atoms with E-state index in [2.05, 4.69) is 21.8 Å². The number of hydrogen-bond acceptors (Lipinski definition) is 5. The van der Waals surface area contributed by atoms with Gasteiger partial charge in [-0.15, -0.1) is 17.9 Å². The Labute approximate surface area is 195 Å². The van der Waals surface area contributed by atoms with E-state index >= 15 is 0 Å². The largest absolute Gasteiger partial charge is 0.482 e. The predicted octanol–water partition coefficient (Wildman–Crippen LogP) is 5.76. The number of nitrogens with zero attached hydrogens (tertiary/aromatic N) is 2. The van der Waals surface area contributed by atoms with Gasteiger partial charge in [-0.05, 0) is 54.6 Å². The van der Waals surface area contributed by atoms with Crippen LogP contribution in [-0.2, 0) is 11.3 Å². The molecule has 1 amide bonds. The molecule has 0 spiro atoms. The van der Waals surface area contributed by atoms with Crippen LogP contribution in [0.4, 0.5) is 11.4 Å². The minimum atomic E-state index is -0.153. The number of nitrogens with one attached hydrogen (secondary N) is 1. The summed E-state index contributed by atoms with van der Waals surface area (Å²) >= 11 is 1.55. The molecule has 7 heteroatoms. The lowest BCUT2D eigenvalue weighted by atomic mass is 10.1. The molecule has 2 heterocycles. The highest BCUT2D eigenvalue weighted by atomic mass is 32.1. The highest BCUT2D eigenvalue weighted by Crippen LogP contribution is 2.33. The summed E-state index contributed by atoms with van der Waals surface area (Å²) < 4.78 is 13.4. The Balaban J connectivity index is 1.45. The van der Waals surface area contributed by atoms with Crippen LogP contribution in [0.2, 0.25) is 0 Å². The van der Waals surface area contributed by atoms with Crippen molar-refractivity contribution in [2.45, 2.75) is 6.54 Å². The minimum absolute atomic E-state index is 0.0411. The molecular weight excluding hydrogens is 434 g/mol. The van der Waals surface area contributed by atoms with Crippen LogP contribution < -0.4 is 19.6 Å². The van der Waals surface area contributed by atoms with Crippen LogP contribution in [0.1, 0.15) is 0 Å². The lowest BCUT2D eigenvalue weighted by Crippen LogP contribution is -2.25. The van der Waals surface area contributed by atoms with E-state index in [4.69, 9.17) is 14.5 Å². The fourth-order valence-corrected chi connectivity index (χ4v) is 4.46. The van der Waals surface area contributed by atoms with Crippen LogP contribution in [0.15, 0.2) is 95.8 Å². The van der Waals surface area contributed by atoms with E-state index in [0.29, 0.717) is 18.0 Å². The summed E-state index contributed by atoms with van der Waals surface area (Å²) in [6.45, 7) is 4.54. The topological polar surface area (TPSA) is 64.9 Å². The molecule has 0 radical (unpaired) electrons. The first kappa shape index (κ1) is 20.8. The Morgan fingerprint density at radius 3 is 2.67 bits per heavy atom. The van der Waals surface area contributed by atoms with Gasteiger partial charge in [-0.3, -0.25) is 4.79 Å². The van der Waals surface area contributed by atoms with Crippen LogP contribution in [0.5, 0.6) is 17.2 Å². The number of rotatable bonds is 6. The summed E-state index contributed by atoms with van der Waals surface area (Å²) in [6.07, 6.45) is 1.84. The highest BCUT2D eigenvalue weighted by Gasteiger charge is 2.17. The molecule has 0 unspecified atom stereocenters. The zero-order valence-electron chi connectivity index (χ0n) is 17.7. The van der Waals surface area contributed by atoms with Gasteiger partial charge in [0.25, 0.3) is 5.91 Å². The number of benzene rings is 3. The summed E-state index contributed by atoms with van der Waals surface area (Å²) in [5.41, 5.74) is 3.45. The molecule has 0 bridgehead atoms. The Bertz CT molecular complexity index is 1370. The molecule has 164 valence electrons. The monoisotopic (exact) mass is 455 g/mol. The van der Waals surface area contributed by atoms with Crippen molar-refractivity contribution in [3.8, 4) is 28.5 Å². The Morgan fingerprint density at radius 2 is 1.88 bits per heavy atom. The fourth-order valence-electron chi connectivity index (χ4n) is 3.52. The van der Waals surface area contributed by atoms with Gasteiger partial charge < -0.3 is 19.4 Å². The lowest BCUT2D eigenvalue weighted by Gasteiger charge is -2.18. The molecule has 1 N–H and O–H groups in total. The molecule has 6 nitrogen and oxygen atoms in total. The molecule has 0 atom stereocenters. The third-order valence-corrected chi connectivity index (χ3v) is 5.92. The van der Waals surface area contributed by atoms with Gasteiger partial charge in [-0.2, -0.15) is 0 Å². The highest BCUT2D eigenvalue weighted by molar-refractivity contribution is 7.07. The van der Waals surface area contributed by atoms with Gasteiger partial charge in [0, 0.05) is 17.5 Å². The van der Waals surface area contributed by atoms with E-state index in [-0.39, 0.29) is 12.5 Å². The van der Waals surface area contributed by atoms with Gasteiger partial charge >= 0.3 is 0 Å². The molecule has 33 heavy (non-hydrogen) atoms. The van der Waals surface area contributed by atoms with Gasteiger partial charge in [0.05, 0.1) is 17.1 Å². The number of carbonyl (C=O) groups excluding carboxylic acids is 1. The molecule has 5 rings (SSSR count). The smallest absolute Gasteiger partial charge is 0.262 e. The van der Waals surface area contributed by atoms with Crippen LogP contribution in [-0.4, -0.2) is 17.1 Å². The number of hydrogen-bond donors (Lipinski definition) is 1. The standard InChI is InChI=1S/C26H21N3O3S/c1-2-14-29-23(18-8-13-24-22(15-18)28-25(30)16-31-24)17-33-26(29)27-19-9-11-21(12-10-19)32-20-6-4-3-5-7-20/h2-13,15,17H,1,14,16H2,(H,28,30). The summed E-state index contributed by atoms with van der Waals surface area (Å²) in [4.78, 5) is 17.4. The fraction of sp³-hybridized carbons (Fsp3) is 0.0769. The van der Waals surface area contributed by atoms with E-state index in [1.54, 1.807) is 11.3 Å². The molecule has 4 aromatic rings. The number of carbonyl (C=O) groups is 1. The van der Waals surface area contributed by atoms with Crippen molar-refractivity contribution < 1.29 is 14.3 Å². The second-order valence-electron chi connectivity index (χ2n) is 7.37. The SMILES string of the molecule is C=CCn1c(-c2ccc3c(c2)NC(=O)CO3)csc1=Nc1ccc(Oc2ccccc2)cc1. The summed E-state index contributed by atoms with van der Waals surface area (Å²) in [5.74, 6) is 2.07. The average Bonchev–Trinajstić information content (AvgIpc) is 3.23. The van der Waals surface area contributed by atoms with Crippen molar-refractivity contribution in [2.75, 3.05) is 11.9 Å². The zero-order chi connectivity index (χ0) is 22.6. The quantitative estimate of drug-likeness (QED) is 0.376. The maximum atomic E-state index is 11.7. The third-order valence-electron chi connectivity index (χ3n) is 5.06. The molecule has 0 aliphatic carbocycles. The number of para-hydroxylation sites is 1. The summed E-state index contributed by atoms with van der Waals surface area (Å²) in [7, 11) is 0. The number of thiazole rings is 1. The molecule has 3 aromatic carbocycles. The maximum Gasteiger partial charge on any atom is 0.262 e. The Kier molecular flexibility index (Phi) is 5.78. The minimum Gasteiger partial charge on any atom is -0.482 e. The van der Waals surface area contributed by atoms with Crippen LogP contribution >= 0.6 is 11.3 Å². The van der Waals surface area contributed by atoms with Crippen LogP contribution in [0.25, 0.3) is 11.3 Å². The van der Waals surface area contributed by atoms with Gasteiger partial charge in [-0.25, -0.2) is 4.99 Å². The number of ether oxygens (including phenoxy) is 2. The van der Waals surface area contributed by atoms with E-state index in [1.165, 1.54) is 0 Å². The van der Waals surface area contributed by atoms with Crippen molar-refractivity contribution in [3.63, 3.8) is 0 Å². The molecule has 1 aliphatic heterocycles. The molecule has 1 aromatic heterocycles. The van der Waals surface area contributed by atoms with E-state index in [9.17, 15) is 4.79 Å². The summed E-state index contributed by atoms with van der Waals surface area (Å²) in [5, 5.41) is 4.92. The van der Waals surface area contributed by atoms with Gasteiger partial charge in [-0.1, -0.05) is 24.3 Å². The lowest BCUT2D eigenvalue weighted by molar-refractivity contribution is -0.118. The molecule has 1 aliphatic rings. The van der Waals surface area contributed by atoms with Crippen molar-refractivity contribution in [3.05, 3.63) is 95.6 Å². The maximum absolute atomic E-state index is 11.7. The van der Waals surface area contributed by atoms with E-state index < -0.39 is 0 Å².